The van der Waals surface area contributed by atoms with Crippen LogP contribution >= 0.6 is 23.5 Å². The quantitative estimate of drug-likeness (QED) is 0.298. The van der Waals surface area contributed by atoms with Gasteiger partial charge in [0.2, 0.25) is 5.91 Å². The van der Waals surface area contributed by atoms with Gasteiger partial charge in [0.05, 0.1) is 11.7 Å². The van der Waals surface area contributed by atoms with Crippen LogP contribution in [-0.2, 0) is 20.6 Å². The van der Waals surface area contributed by atoms with E-state index in [0.717, 1.165) is 42.9 Å². The number of thioether (sulfide) groups is 2. The molecule has 0 rings (SSSR count). The molecule has 0 spiro atoms. The summed E-state index contributed by atoms with van der Waals surface area (Å²) in [5.41, 5.74) is 5.85. The zero-order valence-electron chi connectivity index (χ0n) is 15.1. The molecule has 146 valence electrons. The molecule has 0 saturated heterocycles. The second kappa shape index (κ2) is 15.9. The number of nitrogens with one attached hydrogen (secondary N) is 1. The summed E-state index contributed by atoms with van der Waals surface area (Å²) < 4.78 is 11.2. The van der Waals surface area contributed by atoms with E-state index in [1.54, 1.807) is 29.6 Å². The third-order valence-electron chi connectivity index (χ3n) is 3.26. The van der Waals surface area contributed by atoms with E-state index in [9.17, 15) is 13.8 Å². The van der Waals surface area contributed by atoms with Gasteiger partial charge in [0.15, 0.2) is 11.0 Å². The molecular weight excluding hydrogens is 378 g/mol. The maximum Gasteiger partial charge on any atom is 0.279 e. The lowest BCUT2D eigenvalue weighted by Gasteiger charge is -2.13. The van der Waals surface area contributed by atoms with Gasteiger partial charge in [0.1, 0.15) is 0 Å². The largest absolute Gasteiger partial charge is 0.321 e. The van der Waals surface area contributed by atoms with Gasteiger partial charge in [-0.3, -0.25) is 9.59 Å². The van der Waals surface area contributed by atoms with E-state index in [1.165, 1.54) is 0 Å². The monoisotopic (exact) mass is 409 g/mol. The van der Waals surface area contributed by atoms with Crippen molar-refractivity contribution in [3.05, 3.63) is 11.8 Å². The van der Waals surface area contributed by atoms with Crippen LogP contribution in [0.15, 0.2) is 11.8 Å². The van der Waals surface area contributed by atoms with Crippen molar-refractivity contribution in [3.8, 4) is 0 Å². The van der Waals surface area contributed by atoms with Crippen LogP contribution in [0, 0.1) is 0 Å². The third-order valence-corrected chi connectivity index (χ3v) is 5.93. The van der Waals surface area contributed by atoms with Crippen LogP contribution in [0.2, 0.25) is 0 Å². The second-order valence-electron chi connectivity index (χ2n) is 5.48. The van der Waals surface area contributed by atoms with Gasteiger partial charge in [-0.25, -0.2) is 9.35 Å². The molecule has 0 aliphatic rings. The van der Waals surface area contributed by atoms with E-state index in [1.807, 2.05) is 0 Å². The summed E-state index contributed by atoms with van der Waals surface area (Å²) >= 11 is 3.40. The highest BCUT2D eigenvalue weighted by atomic mass is 32.2. The topological polar surface area (TPSA) is 115 Å². The van der Waals surface area contributed by atoms with Gasteiger partial charge in [0, 0.05) is 5.75 Å². The Kier molecular flexibility index (Phi) is 15.6. The first kappa shape index (κ1) is 24.7. The fraction of sp³-hybridized carbons (Fsp3) is 0.750. The summed E-state index contributed by atoms with van der Waals surface area (Å²) in [7, 11) is -2.16. The average Bonchev–Trinajstić information content (AvgIpc) is 2.59. The Labute approximate surface area is 162 Å². The molecule has 0 aromatic heterocycles. The van der Waals surface area contributed by atoms with Crippen LogP contribution in [0.25, 0.3) is 0 Å². The fourth-order valence-corrected chi connectivity index (χ4v) is 4.09. The fourth-order valence-electron chi connectivity index (χ4n) is 1.68. The van der Waals surface area contributed by atoms with Crippen LogP contribution in [0.1, 0.15) is 46.0 Å². The molecule has 5 N–H and O–H groups in total. The molecule has 0 bridgehead atoms. The van der Waals surface area contributed by atoms with Gasteiger partial charge in [-0.2, -0.15) is 23.5 Å². The Bertz CT molecular complexity index is 459. The molecule has 25 heavy (non-hydrogen) atoms. The highest BCUT2D eigenvalue weighted by Crippen LogP contribution is 2.09. The number of unbranched alkanes of at least 4 members (excludes halogenated alkanes) is 2. The zero-order valence-corrected chi connectivity index (χ0v) is 17.6. The Morgan fingerprint density at radius 1 is 1.12 bits per heavy atom. The van der Waals surface area contributed by atoms with Crippen molar-refractivity contribution in [2.75, 3.05) is 23.0 Å². The van der Waals surface area contributed by atoms with Crippen LogP contribution in [0.5, 0.6) is 0 Å². The molecular formula is C16H31N3O3S3. The minimum Gasteiger partial charge on any atom is -0.321 e. The van der Waals surface area contributed by atoms with E-state index in [0.29, 0.717) is 12.2 Å². The summed E-state index contributed by atoms with van der Waals surface area (Å²) in [6.45, 7) is 4.23. The Hall–Kier alpha value is -0.350. The molecule has 0 aliphatic carbocycles. The second-order valence-corrected chi connectivity index (χ2v) is 8.82. The molecule has 6 nitrogen and oxygen atoms in total. The van der Waals surface area contributed by atoms with E-state index < -0.39 is 28.0 Å². The molecule has 0 radical (unpaired) electrons. The van der Waals surface area contributed by atoms with Crippen LogP contribution < -0.4 is 16.2 Å². The molecule has 1 amide bonds. The summed E-state index contributed by atoms with van der Waals surface area (Å²) in [5, 5.41) is 6.87. The van der Waals surface area contributed by atoms with Crippen molar-refractivity contribution in [1.82, 2.24) is 5.32 Å². The van der Waals surface area contributed by atoms with Gasteiger partial charge < -0.3 is 11.1 Å². The van der Waals surface area contributed by atoms with Crippen molar-refractivity contribution >= 4 is 45.5 Å². The predicted octanol–water partition coefficient (Wildman–Crippen LogP) is 1.92. The summed E-state index contributed by atoms with van der Waals surface area (Å²) in [5.74, 6) is 2.90. The summed E-state index contributed by atoms with van der Waals surface area (Å²) in [4.78, 5) is 24.0. The van der Waals surface area contributed by atoms with Crippen molar-refractivity contribution in [3.63, 3.8) is 0 Å². The van der Waals surface area contributed by atoms with E-state index in [4.69, 9.17) is 10.9 Å². The minimum absolute atomic E-state index is 0.0242. The molecule has 0 aromatic carbocycles. The molecule has 2 atom stereocenters. The number of nitrogens with two attached hydrogens (primary N) is 2. The van der Waals surface area contributed by atoms with Crippen molar-refractivity contribution < 1.29 is 13.8 Å². The number of rotatable bonds is 14. The molecule has 0 aromatic rings. The van der Waals surface area contributed by atoms with Gasteiger partial charge in [-0.15, -0.1) is 0 Å². The highest BCUT2D eigenvalue weighted by molar-refractivity contribution is 7.99. The summed E-state index contributed by atoms with van der Waals surface area (Å²) in [6, 6.07) is -0.704. The average molecular weight is 410 g/mol. The smallest absolute Gasteiger partial charge is 0.279 e. The van der Waals surface area contributed by atoms with Crippen LogP contribution in [0.4, 0.5) is 0 Å². The van der Waals surface area contributed by atoms with Crippen molar-refractivity contribution in [1.29, 1.82) is 0 Å². The van der Waals surface area contributed by atoms with Crippen molar-refractivity contribution in [2.24, 2.45) is 10.9 Å². The van der Waals surface area contributed by atoms with Crippen LogP contribution in [0.3, 0.4) is 0 Å². The van der Waals surface area contributed by atoms with E-state index >= 15 is 0 Å². The normalized spacial score (nSPS) is 14.2. The molecule has 0 fully saturated rings. The van der Waals surface area contributed by atoms with Gasteiger partial charge in [-0.1, -0.05) is 26.7 Å². The van der Waals surface area contributed by atoms with E-state index in [-0.39, 0.29) is 5.70 Å². The number of carbonyl (C=O) groups excluding carboxylic acids is 2. The third kappa shape index (κ3) is 12.6. The number of hydrogen-bond acceptors (Lipinski definition) is 6. The maximum atomic E-state index is 12.2. The lowest BCUT2D eigenvalue weighted by atomic mass is 10.2. The maximum absolute atomic E-state index is 12.2. The first-order chi connectivity index (χ1) is 11.9. The number of amides is 1. The first-order valence-corrected chi connectivity index (χ1v) is 12.1. The SMILES string of the molecule is CCCCSCC=C(NC(=O)[C@@H](N)CCSCCCC)C(=O)S(N)=O. The highest BCUT2D eigenvalue weighted by Gasteiger charge is 2.20. The van der Waals surface area contributed by atoms with Crippen molar-refractivity contribution in [2.45, 2.75) is 52.0 Å². The minimum atomic E-state index is -2.16. The van der Waals surface area contributed by atoms with Gasteiger partial charge in [-0.05, 0) is 42.6 Å². The number of carbonyl (C=O) groups is 2. The molecule has 1 unspecified atom stereocenters. The Morgan fingerprint density at radius 2 is 1.72 bits per heavy atom. The molecule has 0 heterocycles. The molecule has 0 aliphatic heterocycles. The Balaban J connectivity index is 4.50. The number of hydrogen-bond donors (Lipinski definition) is 3. The standard InChI is InChI=1S/C16H31N3O3S3/c1-3-5-9-23-11-7-13(17)15(20)19-14(16(21)25(18)22)8-12-24-10-6-4-2/h8,13H,3-7,9-12,17-18H2,1-2H3,(H,19,20)/t13-,25?/m0/s1. The Morgan fingerprint density at radius 3 is 2.28 bits per heavy atom. The molecule has 0 saturated carbocycles. The first-order valence-electron chi connectivity index (χ1n) is 8.56. The lowest BCUT2D eigenvalue weighted by molar-refractivity contribution is -0.122. The van der Waals surface area contributed by atoms with E-state index in [2.05, 4.69) is 19.2 Å². The van der Waals surface area contributed by atoms with Gasteiger partial charge >= 0.3 is 0 Å². The lowest BCUT2D eigenvalue weighted by Crippen LogP contribution is -2.42. The molecule has 9 heteroatoms. The summed E-state index contributed by atoms with van der Waals surface area (Å²) in [6.07, 6.45) is 6.55. The van der Waals surface area contributed by atoms with Crippen LogP contribution in [-0.4, -0.2) is 44.3 Å². The van der Waals surface area contributed by atoms with Gasteiger partial charge in [0.25, 0.3) is 5.12 Å². The zero-order chi connectivity index (χ0) is 19.1. The predicted molar refractivity (Wildman–Crippen MR) is 111 cm³/mol.